The summed E-state index contributed by atoms with van der Waals surface area (Å²) >= 11 is 13.1. The minimum atomic E-state index is -1.60. The van der Waals surface area contributed by atoms with Crippen molar-refractivity contribution in [2.45, 2.75) is 103 Å². The van der Waals surface area contributed by atoms with Crippen molar-refractivity contribution in [3.8, 4) is 5.75 Å². The van der Waals surface area contributed by atoms with Crippen LogP contribution in [-0.4, -0.2) is 101 Å². The second kappa shape index (κ2) is 17.9. The number of aliphatic hydroxyl groups is 3. The standard InChI is InChI=1S/C35H48Cl2N2O11/c1-18(2)12-24(39(7)34(45)50-35(4,5)6)31(43)38-15-20-10-9-11-21(13-20)17-47-29-23(36)14-22(19(3)26(29)37)32(44)49-30-28(42)27(41)25(16-40)48-33(30)46-8/h9-11,13-14,18,24-25,27-28,30,33,40-42H,12,15-17H2,1-8H3,(H,38,43)/t24-,25+,27+,28-,30+,33-/m0/s1. The van der Waals surface area contributed by atoms with Crippen LogP contribution in [0.3, 0.4) is 0 Å². The Kier molecular flexibility index (Phi) is 14.7. The number of amides is 2. The maximum Gasteiger partial charge on any atom is 0.410 e. The summed E-state index contributed by atoms with van der Waals surface area (Å²) < 4.78 is 27.5. The van der Waals surface area contributed by atoms with E-state index in [1.165, 1.54) is 18.1 Å². The molecule has 6 atom stereocenters. The van der Waals surface area contributed by atoms with Crippen molar-refractivity contribution in [2.24, 2.45) is 5.92 Å². The predicted octanol–water partition coefficient (Wildman–Crippen LogP) is 4.39. The van der Waals surface area contributed by atoms with E-state index >= 15 is 0 Å². The average Bonchev–Trinajstić information content (AvgIpc) is 3.05. The molecule has 0 aliphatic carbocycles. The van der Waals surface area contributed by atoms with Crippen molar-refractivity contribution in [2.75, 3.05) is 20.8 Å². The molecule has 3 rings (SSSR count). The van der Waals surface area contributed by atoms with Crippen molar-refractivity contribution in [1.82, 2.24) is 10.2 Å². The molecule has 0 spiro atoms. The lowest BCUT2D eigenvalue weighted by molar-refractivity contribution is -0.293. The van der Waals surface area contributed by atoms with E-state index < -0.39 is 61.0 Å². The molecule has 1 aliphatic rings. The quantitative estimate of drug-likeness (QED) is 0.215. The lowest BCUT2D eigenvalue weighted by atomic mass is 9.99. The van der Waals surface area contributed by atoms with Crippen LogP contribution in [0.5, 0.6) is 5.75 Å². The minimum absolute atomic E-state index is 0.0148. The Bertz CT molecular complexity index is 1500. The monoisotopic (exact) mass is 742 g/mol. The SMILES string of the molecule is CO[C@H]1O[C@H](CO)[C@@H](O)[C@H](O)[C@H]1OC(=O)c1cc(Cl)c(OCc2cccc(CNC(=O)[C@H](CC(C)C)N(C)C(=O)OC(C)(C)C)c2)c(Cl)c1C. The summed E-state index contributed by atoms with van der Waals surface area (Å²) in [5.41, 5.74) is 1.10. The molecule has 0 bridgehead atoms. The highest BCUT2D eigenvalue weighted by Crippen LogP contribution is 2.39. The van der Waals surface area contributed by atoms with Gasteiger partial charge in [0.25, 0.3) is 0 Å². The second-order valence-corrected chi connectivity index (χ2v) is 14.3. The number of carbonyl (C=O) groups is 3. The number of esters is 1. The number of aliphatic hydroxyl groups excluding tert-OH is 3. The third-order valence-electron chi connectivity index (χ3n) is 7.93. The highest BCUT2D eigenvalue weighted by atomic mass is 35.5. The zero-order valence-electron chi connectivity index (χ0n) is 29.6. The molecule has 2 aromatic carbocycles. The molecular formula is C35H48Cl2N2O11. The minimum Gasteiger partial charge on any atom is -0.486 e. The van der Waals surface area contributed by atoms with Gasteiger partial charge in [-0.25, -0.2) is 9.59 Å². The first-order valence-corrected chi connectivity index (χ1v) is 16.9. The van der Waals surface area contributed by atoms with Gasteiger partial charge in [-0.15, -0.1) is 0 Å². The summed E-state index contributed by atoms with van der Waals surface area (Å²) in [7, 11) is 2.82. The molecule has 50 heavy (non-hydrogen) atoms. The number of methoxy groups -OCH3 is 1. The van der Waals surface area contributed by atoms with Gasteiger partial charge >= 0.3 is 12.1 Å². The first-order chi connectivity index (χ1) is 23.4. The van der Waals surface area contributed by atoms with Gasteiger partial charge in [-0.3, -0.25) is 9.69 Å². The van der Waals surface area contributed by atoms with E-state index in [0.717, 1.165) is 11.1 Å². The largest absolute Gasteiger partial charge is 0.486 e. The smallest absolute Gasteiger partial charge is 0.410 e. The summed E-state index contributed by atoms with van der Waals surface area (Å²) in [5, 5.41) is 33.2. The van der Waals surface area contributed by atoms with Gasteiger partial charge in [0, 0.05) is 20.7 Å². The molecule has 15 heteroatoms. The Morgan fingerprint density at radius 3 is 2.34 bits per heavy atom. The molecule has 0 unspecified atom stereocenters. The van der Waals surface area contributed by atoms with Gasteiger partial charge in [0.1, 0.15) is 36.6 Å². The molecule has 1 heterocycles. The van der Waals surface area contributed by atoms with E-state index in [-0.39, 0.29) is 51.9 Å². The van der Waals surface area contributed by atoms with E-state index in [4.69, 9.17) is 46.9 Å². The summed E-state index contributed by atoms with van der Waals surface area (Å²) in [6.07, 6.45) is -7.07. The van der Waals surface area contributed by atoms with E-state index in [1.807, 2.05) is 38.1 Å². The molecule has 2 amide bonds. The Hall–Kier alpha value is -3.17. The van der Waals surface area contributed by atoms with Gasteiger partial charge in [0.05, 0.1) is 22.2 Å². The fraction of sp³-hybridized carbons (Fsp3) is 0.571. The number of halogens is 2. The number of carbonyl (C=O) groups excluding carboxylic acids is 3. The van der Waals surface area contributed by atoms with Crippen molar-refractivity contribution in [1.29, 1.82) is 0 Å². The van der Waals surface area contributed by atoms with Crippen LogP contribution in [-0.2, 0) is 36.9 Å². The molecule has 0 saturated carbocycles. The van der Waals surface area contributed by atoms with Gasteiger partial charge < -0.3 is 44.3 Å². The van der Waals surface area contributed by atoms with Crippen molar-refractivity contribution in [3.63, 3.8) is 0 Å². The lowest BCUT2D eigenvalue weighted by Crippen LogP contribution is -2.60. The molecule has 0 radical (unpaired) electrons. The fourth-order valence-corrected chi connectivity index (χ4v) is 5.80. The molecule has 1 aliphatic heterocycles. The number of rotatable bonds is 13. The molecule has 278 valence electrons. The Morgan fingerprint density at radius 1 is 1.08 bits per heavy atom. The maximum absolute atomic E-state index is 13.2. The Labute approximate surface area is 302 Å². The molecule has 13 nitrogen and oxygen atoms in total. The van der Waals surface area contributed by atoms with Crippen LogP contribution in [0.2, 0.25) is 10.0 Å². The number of nitrogens with zero attached hydrogens (tertiary/aromatic N) is 1. The topological polar surface area (TPSA) is 173 Å². The normalized spacial score (nSPS) is 21.4. The van der Waals surface area contributed by atoms with E-state index in [0.29, 0.717) is 6.42 Å². The van der Waals surface area contributed by atoms with E-state index in [1.54, 1.807) is 34.7 Å². The molecule has 1 fully saturated rings. The molecular weight excluding hydrogens is 695 g/mol. The fourth-order valence-electron chi connectivity index (χ4n) is 5.24. The summed E-state index contributed by atoms with van der Waals surface area (Å²) in [6.45, 7) is 10.5. The zero-order chi connectivity index (χ0) is 37.5. The second-order valence-electron chi connectivity index (χ2n) is 13.5. The van der Waals surface area contributed by atoms with Gasteiger partial charge in [0.15, 0.2) is 18.1 Å². The Morgan fingerprint density at radius 2 is 1.74 bits per heavy atom. The van der Waals surface area contributed by atoms with Crippen LogP contribution in [0, 0.1) is 12.8 Å². The number of ether oxygens (including phenoxy) is 5. The van der Waals surface area contributed by atoms with Crippen LogP contribution in [0.25, 0.3) is 0 Å². The van der Waals surface area contributed by atoms with E-state index in [9.17, 15) is 29.7 Å². The van der Waals surface area contributed by atoms with Crippen molar-refractivity contribution >= 4 is 41.2 Å². The number of likely N-dealkylation sites (N-methyl/N-ethyl adjacent to an activating group) is 1. The molecule has 0 aromatic heterocycles. The molecule has 2 aromatic rings. The van der Waals surface area contributed by atoms with Crippen LogP contribution in [0.4, 0.5) is 4.79 Å². The third-order valence-corrected chi connectivity index (χ3v) is 8.66. The average molecular weight is 744 g/mol. The first-order valence-electron chi connectivity index (χ1n) is 16.2. The highest BCUT2D eigenvalue weighted by molar-refractivity contribution is 6.38. The number of hydrogen-bond donors (Lipinski definition) is 4. The van der Waals surface area contributed by atoms with Crippen molar-refractivity contribution in [3.05, 3.63) is 62.6 Å². The summed E-state index contributed by atoms with van der Waals surface area (Å²) in [5.74, 6) is -0.949. The lowest BCUT2D eigenvalue weighted by Gasteiger charge is -2.40. The molecule has 4 N–H and O–H groups in total. The summed E-state index contributed by atoms with van der Waals surface area (Å²) in [4.78, 5) is 40.4. The van der Waals surface area contributed by atoms with Gasteiger partial charge in [-0.2, -0.15) is 0 Å². The number of nitrogens with one attached hydrogen (secondary N) is 1. The highest BCUT2D eigenvalue weighted by Gasteiger charge is 2.47. The van der Waals surface area contributed by atoms with Crippen LogP contribution in [0.1, 0.15) is 68.1 Å². The zero-order valence-corrected chi connectivity index (χ0v) is 31.1. The van der Waals surface area contributed by atoms with Gasteiger partial charge in [-0.05, 0) is 62.8 Å². The number of benzene rings is 2. The van der Waals surface area contributed by atoms with Crippen LogP contribution in [0.15, 0.2) is 30.3 Å². The van der Waals surface area contributed by atoms with Gasteiger partial charge in [0.2, 0.25) is 5.91 Å². The predicted molar refractivity (Wildman–Crippen MR) is 185 cm³/mol. The third kappa shape index (κ3) is 10.7. The van der Waals surface area contributed by atoms with Crippen molar-refractivity contribution < 1.29 is 53.4 Å². The van der Waals surface area contributed by atoms with Crippen LogP contribution >= 0.6 is 23.2 Å². The summed E-state index contributed by atoms with van der Waals surface area (Å²) in [6, 6.07) is 7.91. The maximum atomic E-state index is 13.2. The Balaban J connectivity index is 1.68. The number of hydrogen-bond acceptors (Lipinski definition) is 11. The van der Waals surface area contributed by atoms with Gasteiger partial charge in [-0.1, -0.05) is 61.3 Å². The van der Waals surface area contributed by atoms with E-state index in [2.05, 4.69) is 5.32 Å². The van der Waals surface area contributed by atoms with Crippen LogP contribution < -0.4 is 10.1 Å². The molecule has 1 saturated heterocycles. The first kappa shape index (κ1) is 41.3.